The number of ether oxygens (including phenoxy) is 1. The van der Waals surface area contributed by atoms with Crippen molar-refractivity contribution in [1.82, 2.24) is 9.66 Å². The molecule has 0 atom stereocenters. The van der Waals surface area contributed by atoms with Crippen LogP contribution >= 0.6 is 11.3 Å². The summed E-state index contributed by atoms with van der Waals surface area (Å²) in [6.07, 6.45) is 3.69. The van der Waals surface area contributed by atoms with E-state index in [0.29, 0.717) is 6.54 Å². The first-order valence-corrected chi connectivity index (χ1v) is 10.2. The van der Waals surface area contributed by atoms with Crippen LogP contribution in [0.5, 0.6) is 5.75 Å². The Morgan fingerprint density at radius 3 is 2.72 bits per heavy atom. The second-order valence-corrected chi connectivity index (χ2v) is 7.36. The zero-order chi connectivity index (χ0) is 20.2. The molecule has 0 unspecified atom stereocenters. The van der Waals surface area contributed by atoms with Crippen molar-refractivity contribution in [1.29, 1.82) is 0 Å². The molecular formula is C23H22N4OS. The minimum atomic E-state index is 0.546. The molecular weight excluding hydrogens is 380 g/mol. The number of hydrogen-bond acceptors (Lipinski definition) is 4. The van der Waals surface area contributed by atoms with E-state index < -0.39 is 0 Å². The fourth-order valence-corrected chi connectivity index (χ4v) is 4.05. The number of rotatable bonds is 6. The third-order valence-electron chi connectivity index (χ3n) is 4.67. The molecule has 0 amide bonds. The molecule has 0 aliphatic heterocycles. The highest BCUT2D eigenvalue weighted by atomic mass is 32.1. The lowest BCUT2D eigenvalue weighted by Gasteiger charge is -2.05. The van der Waals surface area contributed by atoms with Crippen LogP contribution in [0.15, 0.2) is 76.7 Å². The molecule has 2 heterocycles. The van der Waals surface area contributed by atoms with E-state index in [1.54, 1.807) is 24.5 Å². The average molecular weight is 403 g/mol. The van der Waals surface area contributed by atoms with Crippen molar-refractivity contribution in [2.24, 2.45) is 10.1 Å². The number of fused-ring (bicyclic) bond motifs is 1. The maximum absolute atomic E-state index is 5.28. The molecule has 29 heavy (non-hydrogen) atoms. The molecule has 0 aliphatic carbocycles. The molecule has 0 fully saturated rings. The van der Waals surface area contributed by atoms with Gasteiger partial charge in [-0.25, -0.2) is 4.68 Å². The van der Waals surface area contributed by atoms with E-state index in [1.807, 2.05) is 47.3 Å². The highest BCUT2D eigenvalue weighted by Gasteiger charge is 2.09. The largest absolute Gasteiger partial charge is 0.497 e. The SMILES string of the molecule is C=CCN=c1scc(-c2ccc(OC)cc2)n1N=Cc1c(C)[nH]c2ccccc12. The number of nitrogens with one attached hydrogen (secondary N) is 1. The maximum Gasteiger partial charge on any atom is 0.206 e. The van der Waals surface area contributed by atoms with E-state index in [4.69, 9.17) is 9.84 Å². The van der Waals surface area contributed by atoms with E-state index in [-0.39, 0.29) is 0 Å². The van der Waals surface area contributed by atoms with Gasteiger partial charge in [0.25, 0.3) is 0 Å². The second kappa shape index (κ2) is 8.32. The predicted molar refractivity (Wildman–Crippen MR) is 121 cm³/mol. The van der Waals surface area contributed by atoms with Gasteiger partial charge in [-0.2, -0.15) is 5.10 Å². The van der Waals surface area contributed by atoms with Crippen LogP contribution in [0.1, 0.15) is 11.3 Å². The minimum Gasteiger partial charge on any atom is -0.497 e. The maximum atomic E-state index is 5.28. The van der Waals surface area contributed by atoms with Crippen LogP contribution in [0.4, 0.5) is 0 Å². The number of benzene rings is 2. The summed E-state index contributed by atoms with van der Waals surface area (Å²) in [4.78, 5) is 8.85. The molecule has 0 saturated carbocycles. The number of aromatic amines is 1. The quantitative estimate of drug-likeness (QED) is 0.359. The number of thiazole rings is 1. The van der Waals surface area contributed by atoms with Gasteiger partial charge in [-0.3, -0.25) is 4.99 Å². The fourth-order valence-electron chi connectivity index (χ4n) is 3.20. The molecule has 146 valence electrons. The molecule has 1 N–H and O–H groups in total. The van der Waals surface area contributed by atoms with Gasteiger partial charge < -0.3 is 9.72 Å². The average Bonchev–Trinajstić information content (AvgIpc) is 3.30. The molecule has 0 bridgehead atoms. The van der Waals surface area contributed by atoms with Gasteiger partial charge in [0.05, 0.1) is 25.6 Å². The van der Waals surface area contributed by atoms with Gasteiger partial charge in [0.1, 0.15) is 5.75 Å². The van der Waals surface area contributed by atoms with Crippen LogP contribution in [-0.4, -0.2) is 29.5 Å². The van der Waals surface area contributed by atoms with E-state index in [9.17, 15) is 0 Å². The van der Waals surface area contributed by atoms with Gasteiger partial charge in [0.2, 0.25) is 4.80 Å². The molecule has 0 aliphatic rings. The summed E-state index contributed by atoms with van der Waals surface area (Å²) in [5.41, 5.74) is 5.30. The zero-order valence-electron chi connectivity index (χ0n) is 16.4. The van der Waals surface area contributed by atoms with Crippen molar-refractivity contribution in [3.63, 3.8) is 0 Å². The first-order chi connectivity index (χ1) is 14.2. The van der Waals surface area contributed by atoms with Gasteiger partial charge in [0.15, 0.2) is 0 Å². The van der Waals surface area contributed by atoms with E-state index in [2.05, 4.69) is 41.0 Å². The summed E-state index contributed by atoms with van der Waals surface area (Å²) in [5.74, 6) is 0.824. The Balaban J connectivity index is 1.82. The second-order valence-electron chi connectivity index (χ2n) is 6.53. The molecule has 2 aromatic carbocycles. The Hall–Kier alpha value is -3.38. The minimum absolute atomic E-state index is 0.546. The molecule has 0 spiro atoms. The fraction of sp³-hybridized carbons (Fsp3) is 0.130. The summed E-state index contributed by atoms with van der Waals surface area (Å²) in [6, 6.07) is 16.2. The van der Waals surface area contributed by atoms with Crippen LogP contribution in [0, 0.1) is 6.92 Å². The molecule has 0 saturated heterocycles. The zero-order valence-corrected chi connectivity index (χ0v) is 17.2. The van der Waals surface area contributed by atoms with Gasteiger partial charge >= 0.3 is 0 Å². The van der Waals surface area contributed by atoms with Gasteiger partial charge in [-0.05, 0) is 37.3 Å². The van der Waals surface area contributed by atoms with E-state index >= 15 is 0 Å². The molecule has 6 heteroatoms. The number of H-pyrrole nitrogens is 1. The monoisotopic (exact) mass is 402 g/mol. The van der Waals surface area contributed by atoms with Crippen LogP contribution in [0.2, 0.25) is 0 Å². The summed E-state index contributed by atoms with van der Waals surface area (Å²) >= 11 is 1.56. The smallest absolute Gasteiger partial charge is 0.206 e. The number of aryl methyl sites for hydroxylation is 1. The number of para-hydroxylation sites is 1. The summed E-state index contributed by atoms with van der Waals surface area (Å²) in [7, 11) is 1.67. The summed E-state index contributed by atoms with van der Waals surface area (Å²) in [6.45, 7) is 6.38. The van der Waals surface area contributed by atoms with Crippen molar-refractivity contribution in [3.05, 3.63) is 82.6 Å². The molecule has 0 radical (unpaired) electrons. The van der Waals surface area contributed by atoms with Crippen LogP contribution in [0.3, 0.4) is 0 Å². The normalized spacial score (nSPS) is 12.1. The topological polar surface area (TPSA) is 54.7 Å². The molecule has 4 rings (SSSR count). The predicted octanol–water partition coefficient (Wildman–Crippen LogP) is 4.98. The third kappa shape index (κ3) is 3.79. The summed E-state index contributed by atoms with van der Waals surface area (Å²) in [5, 5.41) is 8.04. The van der Waals surface area contributed by atoms with E-state index in [1.165, 1.54) is 0 Å². The number of aromatic nitrogens is 2. The van der Waals surface area contributed by atoms with Crippen molar-refractivity contribution in [3.8, 4) is 17.0 Å². The Morgan fingerprint density at radius 1 is 1.17 bits per heavy atom. The molecule has 2 aromatic heterocycles. The first-order valence-electron chi connectivity index (χ1n) is 9.29. The number of nitrogens with zero attached hydrogens (tertiary/aromatic N) is 3. The van der Waals surface area contributed by atoms with Crippen molar-refractivity contribution in [2.75, 3.05) is 13.7 Å². The molecule has 5 nitrogen and oxygen atoms in total. The van der Waals surface area contributed by atoms with Gasteiger partial charge in [-0.1, -0.05) is 24.3 Å². The van der Waals surface area contributed by atoms with E-state index in [0.717, 1.165) is 44.0 Å². The Morgan fingerprint density at radius 2 is 1.97 bits per heavy atom. The number of hydrogen-bond donors (Lipinski definition) is 1. The Kier molecular flexibility index (Phi) is 5.44. The van der Waals surface area contributed by atoms with Crippen LogP contribution in [0.25, 0.3) is 22.2 Å². The van der Waals surface area contributed by atoms with Gasteiger partial charge in [0, 0.05) is 33.1 Å². The lowest BCUT2D eigenvalue weighted by molar-refractivity contribution is 0.415. The van der Waals surface area contributed by atoms with Crippen molar-refractivity contribution >= 4 is 28.5 Å². The Bertz CT molecular complexity index is 1240. The Labute approximate surface area is 173 Å². The first kappa shape index (κ1) is 19.0. The highest BCUT2D eigenvalue weighted by Crippen LogP contribution is 2.24. The highest BCUT2D eigenvalue weighted by molar-refractivity contribution is 7.07. The van der Waals surface area contributed by atoms with Crippen LogP contribution < -0.4 is 9.54 Å². The standard InChI is InChI=1S/C23H22N4OS/c1-4-13-24-23-27(22(15-29-23)17-9-11-18(28-3)12-10-17)25-14-20-16(2)26-21-8-6-5-7-19(20)21/h4-12,14-15,26H,1,13H2,2-3H3. The molecule has 4 aromatic rings. The third-order valence-corrected chi connectivity index (χ3v) is 5.53. The van der Waals surface area contributed by atoms with Crippen molar-refractivity contribution in [2.45, 2.75) is 6.92 Å². The van der Waals surface area contributed by atoms with Crippen molar-refractivity contribution < 1.29 is 4.74 Å². The lowest BCUT2D eigenvalue weighted by Crippen LogP contribution is -2.12. The lowest BCUT2D eigenvalue weighted by atomic mass is 10.1. The van der Waals surface area contributed by atoms with Crippen LogP contribution in [-0.2, 0) is 0 Å². The number of methoxy groups -OCH3 is 1. The van der Waals surface area contributed by atoms with Gasteiger partial charge in [-0.15, -0.1) is 17.9 Å². The summed E-state index contributed by atoms with van der Waals surface area (Å²) < 4.78 is 7.16.